The van der Waals surface area contributed by atoms with Crippen LogP contribution in [-0.4, -0.2) is 19.8 Å². The highest BCUT2D eigenvalue weighted by Crippen LogP contribution is 2.60. The lowest BCUT2D eigenvalue weighted by Crippen LogP contribution is -2.19. The minimum atomic E-state index is 0. The molecule has 0 aromatic heterocycles. The maximum atomic E-state index is 5.60. The van der Waals surface area contributed by atoms with E-state index in [0.717, 1.165) is 31.6 Å². The molecule has 2 aliphatic rings. The lowest BCUT2D eigenvalue weighted by atomic mass is 10.1. The van der Waals surface area contributed by atoms with Crippen LogP contribution in [0.3, 0.4) is 0 Å². The predicted molar refractivity (Wildman–Crippen MR) is 42.2 cm³/mol. The van der Waals surface area contributed by atoms with E-state index in [2.05, 4.69) is 6.92 Å². The van der Waals surface area contributed by atoms with Crippen molar-refractivity contribution in [3.05, 3.63) is 0 Å². The molecule has 1 aliphatic carbocycles. The summed E-state index contributed by atoms with van der Waals surface area (Å²) in [6, 6.07) is 0. The molecule has 3 heteroatoms. The van der Waals surface area contributed by atoms with E-state index in [0.29, 0.717) is 5.41 Å². The van der Waals surface area contributed by atoms with Gasteiger partial charge in [-0.05, 0) is 23.8 Å². The zero-order valence-electron chi connectivity index (χ0n) is 6.17. The highest BCUT2D eigenvalue weighted by molar-refractivity contribution is 5.85. The Bertz CT molecular complexity index is 130. The molecular formula is C7H14ClNO. The maximum absolute atomic E-state index is 5.60. The standard InChI is InChI=1S/C7H13NO.ClH/c1-7(4-8)5-2-9-3-6(5)7;/h5-6H,2-4,8H2,1H3;1H/t5-,6+,7?;. The molecule has 2 N–H and O–H groups in total. The van der Waals surface area contributed by atoms with Crippen LogP contribution in [0, 0.1) is 17.3 Å². The average molecular weight is 164 g/mol. The second kappa shape index (κ2) is 2.36. The van der Waals surface area contributed by atoms with Gasteiger partial charge in [0.25, 0.3) is 0 Å². The summed E-state index contributed by atoms with van der Waals surface area (Å²) in [5.41, 5.74) is 6.06. The van der Waals surface area contributed by atoms with E-state index >= 15 is 0 Å². The van der Waals surface area contributed by atoms with E-state index in [4.69, 9.17) is 10.5 Å². The van der Waals surface area contributed by atoms with Crippen molar-refractivity contribution < 1.29 is 4.74 Å². The van der Waals surface area contributed by atoms with Crippen molar-refractivity contribution in [1.29, 1.82) is 0 Å². The number of rotatable bonds is 1. The first-order valence-electron chi connectivity index (χ1n) is 3.57. The van der Waals surface area contributed by atoms with E-state index < -0.39 is 0 Å². The zero-order chi connectivity index (χ0) is 6.48. The van der Waals surface area contributed by atoms with Gasteiger partial charge in [0.1, 0.15) is 0 Å². The van der Waals surface area contributed by atoms with Gasteiger partial charge in [-0.25, -0.2) is 0 Å². The Hall–Kier alpha value is 0.210. The van der Waals surface area contributed by atoms with Crippen molar-refractivity contribution in [2.75, 3.05) is 19.8 Å². The fourth-order valence-electron chi connectivity index (χ4n) is 2.00. The highest BCUT2D eigenvalue weighted by Gasteiger charge is 2.62. The van der Waals surface area contributed by atoms with Crippen molar-refractivity contribution in [2.45, 2.75) is 6.92 Å². The van der Waals surface area contributed by atoms with Gasteiger partial charge in [0.15, 0.2) is 0 Å². The summed E-state index contributed by atoms with van der Waals surface area (Å²) in [7, 11) is 0. The normalized spacial score (nSPS) is 49.8. The SMILES string of the molecule is CC1(CN)[C@@H]2COC[C@@H]21.Cl. The van der Waals surface area contributed by atoms with Crippen LogP contribution in [-0.2, 0) is 4.74 Å². The van der Waals surface area contributed by atoms with Crippen LogP contribution in [0.5, 0.6) is 0 Å². The van der Waals surface area contributed by atoms with Crippen LogP contribution < -0.4 is 5.73 Å². The number of hydrogen-bond acceptors (Lipinski definition) is 2. The van der Waals surface area contributed by atoms with Gasteiger partial charge in [-0.2, -0.15) is 0 Å². The Labute approximate surface area is 67.5 Å². The van der Waals surface area contributed by atoms with Crippen LogP contribution in [0.25, 0.3) is 0 Å². The van der Waals surface area contributed by atoms with Crippen LogP contribution in [0.1, 0.15) is 6.92 Å². The quantitative estimate of drug-likeness (QED) is 0.616. The van der Waals surface area contributed by atoms with Crippen molar-refractivity contribution in [2.24, 2.45) is 23.0 Å². The molecular weight excluding hydrogens is 150 g/mol. The van der Waals surface area contributed by atoms with Gasteiger partial charge in [0.2, 0.25) is 0 Å². The molecule has 0 spiro atoms. The molecule has 2 nitrogen and oxygen atoms in total. The molecule has 2 fully saturated rings. The van der Waals surface area contributed by atoms with E-state index in [1.807, 2.05) is 0 Å². The van der Waals surface area contributed by atoms with Crippen LogP contribution in [0.4, 0.5) is 0 Å². The second-order valence-corrected chi connectivity index (χ2v) is 3.46. The third kappa shape index (κ3) is 0.792. The molecule has 0 radical (unpaired) electrons. The lowest BCUT2D eigenvalue weighted by molar-refractivity contribution is 0.131. The summed E-state index contributed by atoms with van der Waals surface area (Å²) < 4.78 is 5.25. The Morgan fingerprint density at radius 2 is 2.00 bits per heavy atom. The van der Waals surface area contributed by atoms with Crippen LogP contribution in [0.15, 0.2) is 0 Å². The topological polar surface area (TPSA) is 35.2 Å². The molecule has 3 atom stereocenters. The van der Waals surface area contributed by atoms with Gasteiger partial charge in [-0.3, -0.25) is 0 Å². The first-order valence-corrected chi connectivity index (χ1v) is 3.57. The summed E-state index contributed by atoms with van der Waals surface area (Å²) in [6.07, 6.45) is 0. The lowest BCUT2D eigenvalue weighted by Gasteiger charge is -2.10. The average Bonchev–Trinajstić information content (AvgIpc) is 2.39. The molecule has 10 heavy (non-hydrogen) atoms. The Morgan fingerprint density at radius 3 is 2.30 bits per heavy atom. The number of fused-ring (bicyclic) bond motifs is 1. The molecule has 0 aromatic rings. The zero-order valence-corrected chi connectivity index (χ0v) is 6.99. The van der Waals surface area contributed by atoms with Gasteiger partial charge in [-0.1, -0.05) is 6.92 Å². The highest BCUT2D eigenvalue weighted by atomic mass is 35.5. The fourth-order valence-corrected chi connectivity index (χ4v) is 2.00. The van der Waals surface area contributed by atoms with Gasteiger partial charge in [0, 0.05) is 0 Å². The molecule has 0 aromatic carbocycles. The van der Waals surface area contributed by atoms with Crippen molar-refractivity contribution in [3.8, 4) is 0 Å². The largest absolute Gasteiger partial charge is 0.381 e. The molecule has 1 unspecified atom stereocenters. The fraction of sp³-hybridized carbons (Fsp3) is 1.00. The summed E-state index contributed by atoms with van der Waals surface area (Å²) in [4.78, 5) is 0. The summed E-state index contributed by atoms with van der Waals surface area (Å²) in [5.74, 6) is 1.59. The molecule has 1 heterocycles. The van der Waals surface area contributed by atoms with E-state index in [-0.39, 0.29) is 12.4 Å². The molecule has 60 valence electrons. The van der Waals surface area contributed by atoms with Crippen molar-refractivity contribution in [3.63, 3.8) is 0 Å². The van der Waals surface area contributed by atoms with Gasteiger partial charge in [-0.15, -0.1) is 12.4 Å². The molecule has 0 bridgehead atoms. The molecule has 1 aliphatic heterocycles. The summed E-state index contributed by atoms with van der Waals surface area (Å²) >= 11 is 0. The van der Waals surface area contributed by atoms with Crippen molar-refractivity contribution >= 4 is 12.4 Å². The summed E-state index contributed by atoms with van der Waals surface area (Å²) in [6.45, 7) is 5.02. The third-order valence-electron chi connectivity index (χ3n) is 3.11. The minimum absolute atomic E-state index is 0. The van der Waals surface area contributed by atoms with Crippen LogP contribution >= 0.6 is 12.4 Å². The van der Waals surface area contributed by atoms with Gasteiger partial charge in [0.05, 0.1) is 13.2 Å². The first kappa shape index (κ1) is 8.31. The minimum Gasteiger partial charge on any atom is -0.381 e. The Balaban J connectivity index is 0.000000500. The van der Waals surface area contributed by atoms with E-state index in [1.54, 1.807) is 0 Å². The maximum Gasteiger partial charge on any atom is 0.0503 e. The van der Waals surface area contributed by atoms with Crippen molar-refractivity contribution in [1.82, 2.24) is 0 Å². The molecule has 1 saturated carbocycles. The third-order valence-corrected chi connectivity index (χ3v) is 3.11. The Kier molecular flexibility index (Phi) is 1.96. The molecule has 0 amide bonds. The number of nitrogens with two attached hydrogens (primary N) is 1. The second-order valence-electron chi connectivity index (χ2n) is 3.46. The first-order chi connectivity index (χ1) is 4.29. The Morgan fingerprint density at radius 1 is 1.50 bits per heavy atom. The molecule has 1 saturated heterocycles. The van der Waals surface area contributed by atoms with E-state index in [1.165, 1.54) is 0 Å². The summed E-state index contributed by atoms with van der Waals surface area (Å²) in [5, 5.41) is 0. The van der Waals surface area contributed by atoms with Gasteiger partial charge >= 0.3 is 0 Å². The monoisotopic (exact) mass is 163 g/mol. The van der Waals surface area contributed by atoms with E-state index in [9.17, 15) is 0 Å². The smallest absolute Gasteiger partial charge is 0.0503 e. The molecule has 2 rings (SSSR count). The van der Waals surface area contributed by atoms with Crippen LogP contribution in [0.2, 0.25) is 0 Å². The number of hydrogen-bond donors (Lipinski definition) is 1. The van der Waals surface area contributed by atoms with Gasteiger partial charge < -0.3 is 10.5 Å². The predicted octanol–water partition coefficient (Wildman–Crippen LogP) is 0.649. The number of ether oxygens (including phenoxy) is 1. The number of halogens is 1.